The van der Waals surface area contributed by atoms with Crippen LogP contribution in [-0.2, 0) is 9.59 Å². The van der Waals surface area contributed by atoms with Gasteiger partial charge in [-0.05, 0) is 13.8 Å². The Kier molecular flexibility index (Phi) is 1.25. The molecule has 12 heavy (non-hydrogen) atoms. The van der Waals surface area contributed by atoms with E-state index >= 15 is 0 Å². The summed E-state index contributed by atoms with van der Waals surface area (Å²) in [5.74, 6) is -0.0517. The van der Waals surface area contributed by atoms with Crippen LogP contribution in [0, 0.1) is 0 Å². The quantitative estimate of drug-likeness (QED) is 0.570. The predicted molar refractivity (Wildman–Crippen MR) is 43.2 cm³/mol. The normalized spacial score (nSPS) is 22.2. The summed E-state index contributed by atoms with van der Waals surface area (Å²) in [6.45, 7) is 3.59. The Hall–Kier alpha value is -1.38. The molecule has 1 aliphatic heterocycles. The molecule has 0 aromatic carbocycles. The first-order valence-corrected chi connectivity index (χ1v) is 3.87. The fraction of sp³-hybridized carbons (Fsp3) is 0.333. The van der Waals surface area contributed by atoms with E-state index in [0.717, 1.165) is 5.57 Å². The van der Waals surface area contributed by atoms with E-state index < -0.39 is 0 Å². The van der Waals surface area contributed by atoms with Gasteiger partial charge in [0.15, 0.2) is 5.78 Å². The van der Waals surface area contributed by atoms with Crippen LogP contribution in [-0.4, -0.2) is 11.7 Å². The molecule has 2 aliphatic rings. The third kappa shape index (κ3) is 0.706. The Morgan fingerprint density at radius 3 is 2.42 bits per heavy atom. The van der Waals surface area contributed by atoms with Gasteiger partial charge in [0.05, 0.1) is 5.57 Å². The van der Waals surface area contributed by atoms with Crippen molar-refractivity contribution in [2.24, 2.45) is 0 Å². The molecule has 0 saturated carbocycles. The molecule has 0 atom stereocenters. The lowest BCUT2D eigenvalue weighted by Gasteiger charge is -1.94. The van der Waals surface area contributed by atoms with Gasteiger partial charge in [0, 0.05) is 17.7 Å². The molecule has 0 unspecified atom stereocenters. The first-order valence-electron chi connectivity index (χ1n) is 3.87. The number of hydrogen-bond donors (Lipinski definition) is 1. The maximum atomic E-state index is 11.3. The number of nitrogens with one attached hydrogen (secondary N) is 1. The van der Waals surface area contributed by atoms with E-state index in [0.29, 0.717) is 23.3 Å². The van der Waals surface area contributed by atoms with Crippen molar-refractivity contribution in [2.75, 3.05) is 0 Å². The maximum Gasteiger partial charge on any atom is 0.256 e. The molecule has 3 heteroatoms. The zero-order valence-electron chi connectivity index (χ0n) is 7.02. The lowest BCUT2D eigenvalue weighted by molar-refractivity contribution is -0.116. The Morgan fingerprint density at radius 2 is 1.83 bits per heavy atom. The topological polar surface area (TPSA) is 46.2 Å². The molecule has 0 radical (unpaired) electrons. The second-order valence-electron chi connectivity index (χ2n) is 3.21. The fourth-order valence-electron chi connectivity index (χ4n) is 1.77. The second kappa shape index (κ2) is 2.06. The molecular weight excluding hydrogens is 154 g/mol. The van der Waals surface area contributed by atoms with E-state index in [2.05, 4.69) is 5.32 Å². The van der Waals surface area contributed by atoms with Crippen molar-refractivity contribution in [3.63, 3.8) is 0 Å². The summed E-state index contributed by atoms with van der Waals surface area (Å²) in [7, 11) is 0. The van der Waals surface area contributed by atoms with E-state index in [4.69, 9.17) is 0 Å². The minimum atomic E-state index is -0.120. The Bertz CT molecular complexity index is 325. The highest BCUT2D eigenvalue weighted by molar-refractivity contribution is 6.20. The first-order chi connectivity index (χ1) is 5.61. The van der Waals surface area contributed by atoms with Crippen molar-refractivity contribution in [3.8, 4) is 0 Å². The number of rotatable bonds is 0. The van der Waals surface area contributed by atoms with Crippen molar-refractivity contribution in [3.05, 3.63) is 22.4 Å². The van der Waals surface area contributed by atoms with Crippen LogP contribution in [0.15, 0.2) is 22.4 Å². The second-order valence-corrected chi connectivity index (χ2v) is 3.21. The van der Waals surface area contributed by atoms with Crippen molar-refractivity contribution >= 4 is 11.7 Å². The van der Waals surface area contributed by atoms with Crippen LogP contribution in [0.4, 0.5) is 0 Å². The van der Waals surface area contributed by atoms with E-state index in [-0.39, 0.29) is 11.7 Å². The minimum Gasteiger partial charge on any atom is -0.325 e. The van der Waals surface area contributed by atoms with Crippen molar-refractivity contribution < 1.29 is 9.59 Å². The van der Waals surface area contributed by atoms with Gasteiger partial charge in [-0.15, -0.1) is 0 Å². The van der Waals surface area contributed by atoms with E-state index in [9.17, 15) is 9.59 Å². The molecule has 1 N–H and O–H groups in total. The molecule has 0 saturated heterocycles. The van der Waals surface area contributed by atoms with Crippen molar-refractivity contribution in [1.82, 2.24) is 5.32 Å². The summed E-state index contributed by atoms with van der Waals surface area (Å²) >= 11 is 0. The zero-order chi connectivity index (χ0) is 8.88. The molecule has 1 amide bonds. The van der Waals surface area contributed by atoms with E-state index in [1.54, 1.807) is 6.92 Å². The lowest BCUT2D eigenvalue weighted by Crippen LogP contribution is -2.15. The fourth-order valence-corrected chi connectivity index (χ4v) is 1.77. The molecule has 0 bridgehead atoms. The average molecular weight is 163 g/mol. The highest BCUT2D eigenvalue weighted by Crippen LogP contribution is 2.33. The van der Waals surface area contributed by atoms with Crippen LogP contribution in [0.2, 0.25) is 0 Å². The summed E-state index contributed by atoms with van der Waals surface area (Å²) < 4.78 is 0. The number of amides is 1. The molecule has 3 nitrogen and oxygen atoms in total. The number of ketones is 1. The third-order valence-corrected chi connectivity index (χ3v) is 2.28. The summed E-state index contributed by atoms with van der Waals surface area (Å²) in [6, 6.07) is 0. The van der Waals surface area contributed by atoms with Gasteiger partial charge in [-0.25, -0.2) is 0 Å². The van der Waals surface area contributed by atoms with Crippen LogP contribution in [0.1, 0.15) is 20.3 Å². The summed E-state index contributed by atoms with van der Waals surface area (Å²) in [4.78, 5) is 22.6. The predicted octanol–water partition coefficient (Wildman–Crippen LogP) is 0.680. The van der Waals surface area contributed by atoms with Gasteiger partial charge >= 0.3 is 0 Å². The molecule has 62 valence electrons. The van der Waals surface area contributed by atoms with Crippen LogP contribution in [0.5, 0.6) is 0 Å². The third-order valence-electron chi connectivity index (χ3n) is 2.28. The largest absolute Gasteiger partial charge is 0.325 e. The number of carbonyl (C=O) groups is 2. The number of hydrogen-bond acceptors (Lipinski definition) is 2. The Morgan fingerprint density at radius 1 is 1.17 bits per heavy atom. The number of carbonyl (C=O) groups excluding carboxylic acids is 2. The van der Waals surface area contributed by atoms with Crippen LogP contribution in [0.25, 0.3) is 0 Å². The molecule has 1 aliphatic carbocycles. The van der Waals surface area contributed by atoms with Crippen molar-refractivity contribution in [2.45, 2.75) is 20.3 Å². The molecular formula is C9H9NO2. The van der Waals surface area contributed by atoms with Crippen molar-refractivity contribution in [1.29, 1.82) is 0 Å². The highest BCUT2D eigenvalue weighted by atomic mass is 16.2. The number of allylic oxidation sites excluding steroid dienone is 2. The molecule has 2 rings (SSSR count). The average Bonchev–Trinajstić information content (AvgIpc) is 2.38. The lowest BCUT2D eigenvalue weighted by atomic mass is 10.1. The highest BCUT2D eigenvalue weighted by Gasteiger charge is 2.36. The van der Waals surface area contributed by atoms with Gasteiger partial charge in [-0.2, -0.15) is 0 Å². The molecule has 1 heterocycles. The maximum absolute atomic E-state index is 11.3. The number of fused-ring (bicyclic) bond motifs is 1. The van der Waals surface area contributed by atoms with E-state index in [1.807, 2.05) is 6.92 Å². The monoisotopic (exact) mass is 163 g/mol. The standard InChI is InChI=1S/C9H9NO2/c1-4-3-6(11)8-5(2)10-9(12)7(4)8/h3H2,1-2H3,(H,10,12). The Balaban J connectivity index is 2.64. The van der Waals surface area contributed by atoms with Gasteiger partial charge in [0.1, 0.15) is 0 Å². The van der Waals surface area contributed by atoms with Gasteiger partial charge in [-0.1, -0.05) is 5.57 Å². The minimum absolute atomic E-state index is 0.0679. The molecule has 0 aromatic rings. The van der Waals surface area contributed by atoms with Crippen LogP contribution < -0.4 is 5.32 Å². The number of Topliss-reactive ketones (excluding diaryl/α,β-unsaturated/α-hetero) is 1. The van der Waals surface area contributed by atoms with Gasteiger partial charge in [0.2, 0.25) is 0 Å². The van der Waals surface area contributed by atoms with E-state index in [1.165, 1.54) is 0 Å². The van der Waals surface area contributed by atoms with Gasteiger partial charge in [-0.3, -0.25) is 9.59 Å². The summed E-state index contributed by atoms with van der Waals surface area (Å²) in [5.41, 5.74) is 2.82. The van der Waals surface area contributed by atoms with Crippen LogP contribution in [0.3, 0.4) is 0 Å². The Labute approximate surface area is 70.1 Å². The van der Waals surface area contributed by atoms with Gasteiger partial charge in [0.25, 0.3) is 5.91 Å². The first kappa shape index (κ1) is 7.28. The van der Waals surface area contributed by atoms with Crippen LogP contribution >= 0.6 is 0 Å². The summed E-state index contributed by atoms with van der Waals surface area (Å²) in [6.07, 6.45) is 0.412. The van der Waals surface area contributed by atoms with Gasteiger partial charge < -0.3 is 5.32 Å². The molecule has 0 spiro atoms. The zero-order valence-corrected chi connectivity index (χ0v) is 7.02. The summed E-state index contributed by atoms with van der Waals surface area (Å²) in [5, 5.41) is 2.64. The smallest absolute Gasteiger partial charge is 0.256 e. The molecule has 0 fully saturated rings. The SMILES string of the molecule is CC1=C2C(=O)NC(C)=C2C(=O)C1. The molecule has 0 aromatic heterocycles.